The number of hydrogen-bond acceptors (Lipinski definition) is 3. The zero-order valence-electron chi connectivity index (χ0n) is 12.0. The largest absolute Gasteiger partial charge is 0.458 e. The van der Waals surface area contributed by atoms with Gasteiger partial charge in [-0.2, -0.15) is 0 Å². The van der Waals surface area contributed by atoms with Crippen molar-refractivity contribution in [1.29, 1.82) is 0 Å². The summed E-state index contributed by atoms with van der Waals surface area (Å²) in [5.74, 6) is 5.47. The Morgan fingerprint density at radius 3 is 2.42 bits per heavy atom. The van der Waals surface area contributed by atoms with E-state index in [0.29, 0.717) is 6.42 Å². The third-order valence-electron chi connectivity index (χ3n) is 2.60. The van der Waals surface area contributed by atoms with Crippen LogP contribution in [0.5, 0.6) is 0 Å². The molecule has 1 aromatic rings. The molecule has 2 N–H and O–H groups in total. The van der Waals surface area contributed by atoms with Crippen LogP contribution in [0.3, 0.4) is 0 Å². The second kappa shape index (κ2) is 6.40. The molecule has 0 radical (unpaired) electrons. The fourth-order valence-electron chi connectivity index (χ4n) is 1.74. The molecule has 0 fully saturated rings. The third-order valence-corrected chi connectivity index (χ3v) is 2.60. The number of carbonyl (C=O) groups is 1. The average molecular weight is 259 g/mol. The SMILES string of the molecule is CC#Cc1ccc(CC(C)(C)OC(=O)C(C)N)cc1. The molecule has 3 nitrogen and oxygen atoms in total. The van der Waals surface area contributed by atoms with Gasteiger partial charge in [-0.1, -0.05) is 18.1 Å². The molecule has 3 heteroatoms. The molecule has 19 heavy (non-hydrogen) atoms. The molecule has 1 unspecified atom stereocenters. The van der Waals surface area contributed by atoms with E-state index in [1.54, 1.807) is 6.92 Å². The van der Waals surface area contributed by atoms with E-state index in [1.165, 1.54) is 0 Å². The Morgan fingerprint density at radius 2 is 1.95 bits per heavy atom. The Hall–Kier alpha value is -1.79. The number of esters is 1. The minimum absolute atomic E-state index is 0.376. The maximum Gasteiger partial charge on any atom is 0.323 e. The van der Waals surface area contributed by atoms with E-state index in [4.69, 9.17) is 10.5 Å². The van der Waals surface area contributed by atoms with Gasteiger partial charge < -0.3 is 10.5 Å². The summed E-state index contributed by atoms with van der Waals surface area (Å²) in [4.78, 5) is 11.5. The maximum absolute atomic E-state index is 11.5. The molecule has 0 heterocycles. The molecule has 1 rings (SSSR count). The van der Waals surface area contributed by atoms with E-state index < -0.39 is 11.6 Å². The molecule has 0 amide bonds. The van der Waals surface area contributed by atoms with Crippen molar-refractivity contribution in [3.63, 3.8) is 0 Å². The molecule has 0 aliphatic heterocycles. The van der Waals surface area contributed by atoms with Crippen LogP contribution in [-0.2, 0) is 16.0 Å². The summed E-state index contributed by atoms with van der Waals surface area (Å²) in [5.41, 5.74) is 7.02. The van der Waals surface area contributed by atoms with Crippen molar-refractivity contribution in [2.24, 2.45) is 5.73 Å². The fraction of sp³-hybridized carbons (Fsp3) is 0.438. The van der Waals surface area contributed by atoms with Gasteiger partial charge >= 0.3 is 5.97 Å². The third kappa shape index (κ3) is 5.15. The van der Waals surface area contributed by atoms with Crippen LogP contribution in [0.1, 0.15) is 38.8 Å². The Balaban J connectivity index is 2.71. The van der Waals surface area contributed by atoms with Crippen LogP contribution in [-0.4, -0.2) is 17.6 Å². The number of carbonyl (C=O) groups excluding carboxylic acids is 1. The number of hydrogen-bond donors (Lipinski definition) is 1. The first-order chi connectivity index (χ1) is 8.84. The number of benzene rings is 1. The molecule has 0 aliphatic carbocycles. The quantitative estimate of drug-likeness (QED) is 0.666. The highest BCUT2D eigenvalue weighted by molar-refractivity contribution is 5.75. The summed E-state index contributed by atoms with van der Waals surface area (Å²) in [5, 5.41) is 0. The lowest BCUT2D eigenvalue weighted by Crippen LogP contribution is -2.38. The minimum atomic E-state index is -0.596. The first-order valence-corrected chi connectivity index (χ1v) is 6.34. The van der Waals surface area contributed by atoms with E-state index >= 15 is 0 Å². The van der Waals surface area contributed by atoms with E-state index in [2.05, 4.69) is 11.8 Å². The average Bonchev–Trinajstić information content (AvgIpc) is 2.31. The van der Waals surface area contributed by atoms with Crippen LogP contribution in [0.4, 0.5) is 0 Å². The van der Waals surface area contributed by atoms with Gasteiger partial charge in [0.15, 0.2) is 0 Å². The first kappa shape index (κ1) is 15.3. The smallest absolute Gasteiger partial charge is 0.323 e. The second-order valence-electron chi connectivity index (χ2n) is 5.22. The molecule has 102 valence electrons. The Kier molecular flexibility index (Phi) is 5.14. The number of nitrogens with two attached hydrogens (primary N) is 1. The molecule has 0 aliphatic rings. The van der Waals surface area contributed by atoms with Gasteiger partial charge in [-0.15, -0.1) is 5.92 Å². The van der Waals surface area contributed by atoms with Gasteiger partial charge in [0.25, 0.3) is 0 Å². The Bertz CT molecular complexity index is 490. The van der Waals surface area contributed by atoms with Crippen molar-refractivity contribution in [2.75, 3.05) is 0 Å². The zero-order chi connectivity index (χ0) is 14.5. The lowest BCUT2D eigenvalue weighted by atomic mass is 9.97. The Morgan fingerprint density at radius 1 is 1.37 bits per heavy atom. The van der Waals surface area contributed by atoms with Gasteiger partial charge in [-0.25, -0.2) is 0 Å². The van der Waals surface area contributed by atoms with E-state index in [1.807, 2.05) is 45.0 Å². The highest BCUT2D eigenvalue weighted by Crippen LogP contribution is 2.18. The molecule has 0 bridgehead atoms. The van der Waals surface area contributed by atoms with Crippen molar-refractivity contribution < 1.29 is 9.53 Å². The normalized spacial score (nSPS) is 12.3. The molecule has 1 atom stereocenters. The summed E-state index contributed by atoms with van der Waals surface area (Å²) in [6.45, 7) is 7.20. The summed E-state index contributed by atoms with van der Waals surface area (Å²) in [7, 11) is 0. The van der Waals surface area contributed by atoms with Crippen LogP contribution in [0.25, 0.3) is 0 Å². The Labute approximate surface area is 115 Å². The zero-order valence-corrected chi connectivity index (χ0v) is 12.0. The van der Waals surface area contributed by atoms with Gasteiger partial charge in [0.05, 0.1) is 0 Å². The molecular formula is C16H21NO2. The summed E-state index contributed by atoms with van der Waals surface area (Å²) in [6.07, 6.45) is 0.644. The lowest BCUT2D eigenvalue weighted by molar-refractivity contribution is -0.157. The highest BCUT2D eigenvalue weighted by Gasteiger charge is 2.24. The first-order valence-electron chi connectivity index (χ1n) is 6.34. The van der Waals surface area contributed by atoms with Crippen molar-refractivity contribution in [2.45, 2.75) is 45.8 Å². The van der Waals surface area contributed by atoms with Gasteiger partial charge in [0, 0.05) is 12.0 Å². The van der Waals surface area contributed by atoms with Gasteiger partial charge in [-0.05, 0) is 45.4 Å². The maximum atomic E-state index is 11.5. The molecule has 1 aromatic carbocycles. The molecule has 0 spiro atoms. The highest BCUT2D eigenvalue weighted by atomic mass is 16.6. The van der Waals surface area contributed by atoms with Gasteiger partial charge in [0.1, 0.15) is 11.6 Å². The van der Waals surface area contributed by atoms with Gasteiger partial charge in [-0.3, -0.25) is 4.79 Å². The number of rotatable bonds is 4. The van der Waals surface area contributed by atoms with Crippen LogP contribution in [0.15, 0.2) is 24.3 Å². The molecular weight excluding hydrogens is 238 g/mol. The van der Waals surface area contributed by atoms with Crippen LogP contribution in [0.2, 0.25) is 0 Å². The van der Waals surface area contributed by atoms with Crippen molar-refractivity contribution in [1.82, 2.24) is 0 Å². The van der Waals surface area contributed by atoms with E-state index in [9.17, 15) is 4.79 Å². The molecule has 0 aromatic heterocycles. The predicted molar refractivity (Wildman–Crippen MR) is 76.5 cm³/mol. The monoisotopic (exact) mass is 259 g/mol. The predicted octanol–water partition coefficient (Wildman–Crippen LogP) is 2.27. The standard InChI is InChI=1S/C16H21NO2/c1-5-6-13-7-9-14(10-8-13)11-16(3,4)19-15(18)12(2)17/h7-10,12H,11,17H2,1-4H3. The number of ether oxygens (including phenoxy) is 1. The van der Waals surface area contributed by atoms with Crippen molar-refractivity contribution in [3.8, 4) is 11.8 Å². The van der Waals surface area contributed by atoms with Gasteiger partial charge in [0.2, 0.25) is 0 Å². The molecule has 0 saturated heterocycles. The fourth-order valence-corrected chi connectivity index (χ4v) is 1.74. The second-order valence-corrected chi connectivity index (χ2v) is 5.22. The summed E-state index contributed by atoms with van der Waals surface area (Å²) >= 11 is 0. The topological polar surface area (TPSA) is 52.3 Å². The summed E-state index contributed by atoms with van der Waals surface area (Å²) in [6, 6.07) is 7.34. The van der Waals surface area contributed by atoms with Crippen molar-refractivity contribution >= 4 is 5.97 Å². The van der Waals surface area contributed by atoms with Crippen LogP contribution >= 0.6 is 0 Å². The lowest BCUT2D eigenvalue weighted by Gasteiger charge is -2.26. The van der Waals surface area contributed by atoms with E-state index in [-0.39, 0.29) is 5.97 Å². The molecule has 0 saturated carbocycles. The minimum Gasteiger partial charge on any atom is -0.458 e. The summed E-state index contributed by atoms with van der Waals surface area (Å²) < 4.78 is 5.39. The van der Waals surface area contributed by atoms with E-state index in [0.717, 1.165) is 11.1 Å². The van der Waals surface area contributed by atoms with Crippen LogP contribution in [0, 0.1) is 11.8 Å². The van der Waals surface area contributed by atoms with Crippen LogP contribution < -0.4 is 5.73 Å². The van der Waals surface area contributed by atoms with Crippen molar-refractivity contribution in [3.05, 3.63) is 35.4 Å².